The summed E-state index contributed by atoms with van der Waals surface area (Å²) < 4.78 is 61.1. The van der Waals surface area contributed by atoms with Crippen molar-refractivity contribution in [2.24, 2.45) is 0 Å². The highest BCUT2D eigenvalue weighted by Gasteiger charge is 2.32. The lowest BCUT2D eigenvalue weighted by Gasteiger charge is -2.25. The van der Waals surface area contributed by atoms with Crippen molar-refractivity contribution in [1.29, 1.82) is 0 Å². The summed E-state index contributed by atoms with van der Waals surface area (Å²) in [6.07, 6.45) is -0.310. The molecule has 0 saturated heterocycles. The van der Waals surface area contributed by atoms with Crippen molar-refractivity contribution in [1.82, 2.24) is 0 Å². The van der Waals surface area contributed by atoms with Crippen LogP contribution in [0, 0.1) is 0 Å². The van der Waals surface area contributed by atoms with Crippen molar-refractivity contribution in [3.05, 3.63) is 35.4 Å². The molecule has 11 heteroatoms. The van der Waals surface area contributed by atoms with E-state index in [1.807, 2.05) is 20.4 Å². The number of hydrogen-bond acceptors (Lipinski definition) is 8. The first-order valence-electron chi connectivity index (χ1n) is 7.89. The molecule has 0 spiro atoms. The van der Waals surface area contributed by atoms with E-state index in [0.717, 1.165) is 12.5 Å². The molecule has 1 rings (SSSR count). The summed E-state index contributed by atoms with van der Waals surface area (Å²) in [7, 11) is -10.4. The van der Waals surface area contributed by atoms with Gasteiger partial charge in [0, 0.05) is 5.56 Å². The molecule has 0 N–H and O–H groups in total. The summed E-state index contributed by atoms with van der Waals surface area (Å²) in [4.78, 5) is 12.6. The fourth-order valence-corrected chi connectivity index (χ4v) is 4.32. The van der Waals surface area contributed by atoms with E-state index in [1.54, 1.807) is 6.07 Å². The van der Waals surface area contributed by atoms with Crippen LogP contribution in [0.3, 0.4) is 0 Å². The van der Waals surface area contributed by atoms with Crippen LogP contribution in [-0.2, 0) is 33.0 Å². The highest BCUT2D eigenvalue weighted by Crippen LogP contribution is 2.28. The topological polar surface area (TPSA) is 113 Å². The molecule has 0 aliphatic rings. The zero-order valence-electron chi connectivity index (χ0n) is 15.4. The van der Waals surface area contributed by atoms with E-state index >= 15 is 0 Å². The van der Waals surface area contributed by atoms with E-state index in [-0.39, 0.29) is 11.1 Å². The second-order valence-electron chi connectivity index (χ2n) is 6.07. The van der Waals surface area contributed by atoms with Crippen LogP contribution in [0.25, 0.3) is 0 Å². The largest absolute Gasteiger partial charge is 0.516 e. The summed E-state index contributed by atoms with van der Waals surface area (Å²) in [5.41, 5.74) is -0.0534. The van der Waals surface area contributed by atoms with Gasteiger partial charge in [-0.2, -0.15) is 16.8 Å². The second kappa shape index (κ2) is 8.61. The van der Waals surface area contributed by atoms with Gasteiger partial charge >= 0.3 is 5.97 Å². The van der Waals surface area contributed by atoms with Gasteiger partial charge < -0.3 is 4.43 Å². The zero-order valence-corrected chi connectivity index (χ0v) is 18.0. The summed E-state index contributed by atoms with van der Waals surface area (Å²) in [5, 5.41) is 0. The van der Waals surface area contributed by atoms with Gasteiger partial charge in [0.25, 0.3) is 28.6 Å². The molecule has 148 valence electrons. The Hall–Kier alpha value is -1.27. The summed E-state index contributed by atoms with van der Waals surface area (Å²) in [5.74, 6) is -0.669. The lowest BCUT2D eigenvalue weighted by atomic mass is 10.1. The van der Waals surface area contributed by atoms with Gasteiger partial charge in [-0.3, -0.25) is 0 Å². The van der Waals surface area contributed by atoms with Gasteiger partial charge in [0.05, 0.1) is 18.1 Å². The van der Waals surface area contributed by atoms with Crippen LogP contribution < -0.4 is 0 Å². The van der Waals surface area contributed by atoms with E-state index in [4.69, 9.17) is 12.8 Å². The quantitative estimate of drug-likeness (QED) is 0.337. The van der Waals surface area contributed by atoms with Crippen LogP contribution in [0.5, 0.6) is 0 Å². The minimum absolute atomic E-state index is 0.00887. The molecule has 0 aliphatic carbocycles. The van der Waals surface area contributed by atoms with Crippen molar-refractivity contribution in [3.63, 3.8) is 0 Å². The average Bonchev–Trinajstić information content (AvgIpc) is 2.51. The van der Waals surface area contributed by atoms with E-state index < -0.39 is 40.8 Å². The van der Waals surface area contributed by atoms with Crippen LogP contribution in [0.15, 0.2) is 24.3 Å². The molecule has 0 radical (unpaired) electrons. The standard InChI is InChI=1S/C15H24O8S2Si/c1-6-26(5,7-2)23-14(16)12-10-8-9-11-13(12)15(21-24(3,17)18)22-25(4,19)20/h8-11,15H,6-7H2,1-5H3. The summed E-state index contributed by atoms with van der Waals surface area (Å²) in [6.45, 7) is 5.76. The Morgan fingerprint density at radius 2 is 1.46 bits per heavy atom. The Morgan fingerprint density at radius 3 is 1.88 bits per heavy atom. The van der Waals surface area contributed by atoms with Gasteiger partial charge in [0.2, 0.25) is 6.29 Å². The Balaban J connectivity index is 3.35. The Labute approximate surface area is 155 Å². The molecule has 1 aromatic rings. The average molecular weight is 425 g/mol. The fraction of sp³-hybridized carbons (Fsp3) is 0.533. The molecule has 0 aliphatic heterocycles. The molecule has 0 atom stereocenters. The van der Waals surface area contributed by atoms with E-state index in [1.165, 1.54) is 18.2 Å². The van der Waals surface area contributed by atoms with Gasteiger partial charge in [-0.25, -0.2) is 13.2 Å². The lowest BCUT2D eigenvalue weighted by molar-refractivity contribution is 0.0158. The number of carbonyl (C=O) groups is 1. The number of carbonyl (C=O) groups excluding carboxylic acids is 1. The molecule has 0 unspecified atom stereocenters. The molecule has 0 heterocycles. The molecule has 8 nitrogen and oxygen atoms in total. The first-order chi connectivity index (χ1) is 11.8. The molecular weight excluding hydrogens is 400 g/mol. The van der Waals surface area contributed by atoms with Crippen molar-refractivity contribution in [2.75, 3.05) is 12.5 Å². The maximum absolute atomic E-state index is 12.6. The van der Waals surface area contributed by atoms with Gasteiger partial charge in [0.15, 0.2) is 0 Å². The first kappa shape index (κ1) is 22.8. The Kier molecular flexibility index (Phi) is 7.54. The predicted octanol–water partition coefficient (Wildman–Crippen LogP) is 2.41. The van der Waals surface area contributed by atoms with E-state index in [2.05, 4.69) is 0 Å². The number of benzene rings is 1. The predicted molar refractivity (Wildman–Crippen MR) is 99.0 cm³/mol. The SMILES string of the molecule is CC[Si](C)(CC)OC(=O)c1ccccc1C(OS(C)(=O)=O)OS(C)(=O)=O. The molecule has 0 fully saturated rings. The third-order valence-corrected chi connectivity index (χ3v) is 8.51. The van der Waals surface area contributed by atoms with E-state index in [9.17, 15) is 21.6 Å². The van der Waals surface area contributed by atoms with Crippen LogP contribution >= 0.6 is 0 Å². The van der Waals surface area contributed by atoms with Crippen LogP contribution in [0.1, 0.15) is 36.1 Å². The highest BCUT2D eigenvalue weighted by molar-refractivity contribution is 7.86. The summed E-state index contributed by atoms with van der Waals surface area (Å²) >= 11 is 0. The van der Waals surface area contributed by atoms with Gasteiger partial charge in [-0.1, -0.05) is 32.0 Å². The molecule has 0 saturated carbocycles. The third kappa shape index (κ3) is 7.15. The summed E-state index contributed by atoms with van der Waals surface area (Å²) in [6, 6.07) is 7.24. The molecule has 1 aromatic carbocycles. The first-order valence-corrected chi connectivity index (χ1v) is 14.3. The van der Waals surface area contributed by atoms with Crippen LogP contribution in [0.2, 0.25) is 18.6 Å². The molecule has 0 bridgehead atoms. The second-order valence-corrected chi connectivity index (χ2v) is 13.8. The Morgan fingerprint density at radius 1 is 1.00 bits per heavy atom. The van der Waals surface area contributed by atoms with Gasteiger partial charge in [-0.05, 0) is 24.7 Å². The van der Waals surface area contributed by atoms with Crippen LogP contribution in [-0.4, -0.2) is 43.6 Å². The highest BCUT2D eigenvalue weighted by atomic mass is 32.2. The molecule has 0 amide bonds. The normalized spacial score (nSPS) is 13.0. The zero-order chi connectivity index (χ0) is 20.2. The smallest absolute Gasteiger partial charge is 0.325 e. The van der Waals surface area contributed by atoms with Crippen molar-refractivity contribution < 1.29 is 34.4 Å². The molecule has 0 aromatic heterocycles. The maximum Gasteiger partial charge on any atom is 0.325 e. The lowest BCUT2D eigenvalue weighted by Crippen LogP contribution is -2.35. The van der Waals surface area contributed by atoms with Gasteiger partial charge in [-0.15, -0.1) is 0 Å². The van der Waals surface area contributed by atoms with E-state index in [0.29, 0.717) is 12.1 Å². The monoisotopic (exact) mass is 424 g/mol. The molecular formula is C15H24O8S2Si. The number of hydrogen-bond donors (Lipinski definition) is 0. The number of rotatable bonds is 9. The molecule has 26 heavy (non-hydrogen) atoms. The Bertz CT molecular complexity index is 810. The maximum atomic E-state index is 12.6. The minimum atomic E-state index is -4.06. The van der Waals surface area contributed by atoms with Crippen molar-refractivity contribution >= 4 is 34.5 Å². The fourth-order valence-electron chi connectivity index (χ4n) is 2.00. The third-order valence-electron chi connectivity index (χ3n) is 3.79. The van der Waals surface area contributed by atoms with Crippen LogP contribution in [0.4, 0.5) is 0 Å². The van der Waals surface area contributed by atoms with Gasteiger partial charge in [0.1, 0.15) is 0 Å². The van der Waals surface area contributed by atoms with Crippen molar-refractivity contribution in [2.45, 2.75) is 38.8 Å². The van der Waals surface area contributed by atoms with Crippen molar-refractivity contribution in [3.8, 4) is 0 Å². The minimum Gasteiger partial charge on any atom is -0.516 e.